The van der Waals surface area contributed by atoms with Crippen LogP contribution in [0.5, 0.6) is 0 Å². The van der Waals surface area contributed by atoms with Crippen LogP contribution < -0.4 is 5.32 Å². The van der Waals surface area contributed by atoms with Crippen LogP contribution in [0.15, 0.2) is 0 Å². The zero-order valence-electron chi connectivity index (χ0n) is 12.3. The molecule has 1 N–H and O–H groups in total. The molecule has 5 nitrogen and oxygen atoms in total. The summed E-state index contributed by atoms with van der Waals surface area (Å²) in [7, 11) is 3.85. The van der Waals surface area contributed by atoms with E-state index < -0.39 is 0 Å². The van der Waals surface area contributed by atoms with Gasteiger partial charge in [-0.1, -0.05) is 0 Å². The van der Waals surface area contributed by atoms with E-state index >= 15 is 0 Å². The molecular formula is C14H27N3O2. The van der Waals surface area contributed by atoms with Gasteiger partial charge in [0.1, 0.15) is 0 Å². The first kappa shape index (κ1) is 14.8. The van der Waals surface area contributed by atoms with Gasteiger partial charge in [0.25, 0.3) is 0 Å². The molecule has 1 saturated heterocycles. The molecule has 1 aliphatic heterocycles. The van der Waals surface area contributed by atoms with Crippen LogP contribution in [0.3, 0.4) is 0 Å². The predicted octanol–water partition coefficient (Wildman–Crippen LogP) is 0.167. The summed E-state index contributed by atoms with van der Waals surface area (Å²) in [5.41, 5.74) is 0.415. The maximum absolute atomic E-state index is 12.0. The largest absolute Gasteiger partial charge is 0.385 e. The number of nitrogens with one attached hydrogen (secondary N) is 1. The summed E-state index contributed by atoms with van der Waals surface area (Å²) >= 11 is 0. The minimum atomic E-state index is 0.246. The summed E-state index contributed by atoms with van der Waals surface area (Å²) in [5, 5.41) is 3.34. The monoisotopic (exact) mass is 269 g/mol. The Labute approximate surface area is 116 Å². The van der Waals surface area contributed by atoms with E-state index in [1.165, 1.54) is 12.8 Å². The molecule has 0 aromatic heterocycles. The molecule has 0 aromatic rings. The smallest absolute Gasteiger partial charge is 0.236 e. The number of nitrogens with zero attached hydrogens (tertiary/aromatic N) is 2. The van der Waals surface area contributed by atoms with Crippen molar-refractivity contribution in [2.45, 2.75) is 19.3 Å². The first-order chi connectivity index (χ1) is 9.15. The maximum Gasteiger partial charge on any atom is 0.236 e. The predicted molar refractivity (Wildman–Crippen MR) is 75.1 cm³/mol. The van der Waals surface area contributed by atoms with E-state index in [0.717, 1.165) is 45.8 Å². The highest BCUT2D eigenvalue weighted by Gasteiger charge is 2.41. The van der Waals surface area contributed by atoms with E-state index in [4.69, 9.17) is 4.74 Å². The number of amides is 1. The summed E-state index contributed by atoms with van der Waals surface area (Å²) in [5.74, 6) is 0.246. The van der Waals surface area contributed by atoms with Gasteiger partial charge in [-0.25, -0.2) is 0 Å². The Morgan fingerprint density at radius 2 is 1.95 bits per heavy atom. The van der Waals surface area contributed by atoms with Gasteiger partial charge in [-0.05, 0) is 31.7 Å². The van der Waals surface area contributed by atoms with Gasteiger partial charge in [0, 0.05) is 46.4 Å². The molecule has 2 fully saturated rings. The van der Waals surface area contributed by atoms with Gasteiger partial charge in [-0.15, -0.1) is 0 Å². The molecule has 1 aliphatic carbocycles. The summed E-state index contributed by atoms with van der Waals surface area (Å²) < 4.78 is 5.14. The van der Waals surface area contributed by atoms with Crippen molar-refractivity contribution in [3.63, 3.8) is 0 Å². The molecule has 5 heteroatoms. The molecule has 1 saturated carbocycles. The number of likely N-dealkylation sites (N-methyl/N-ethyl adjacent to an activating group) is 1. The van der Waals surface area contributed by atoms with Crippen molar-refractivity contribution in [3.05, 3.63) is 0 Å². The number of piperazine rings is 1. The van der Waals surface area contributed by atoms with E-state index in [1.807, 2.05) is 4.90 Å². The molecule has 0 unspecified atom stereocenters. The first-order valence-electron chi connectivity index (χ1n) is 7.31. The Balaban J connectivity index is 1.61. The number of carbonyl (C=O) groups excluding carboxylic acids is 1. The van der Waals surface area contributed by atoms with Crippen molar-refractivity contribution in [1.82, 2.24) is 15.1 Å². The maximum atomic E-state index is 12.0. The van der Waals surface area contributed by atoms with Gasteiger partial charge >= 0.3 is 0 Å². The lowest BCUT2D eigenvalue weighted by molar-refractivity contribution is -0.131. The van der Waals surface area contributed by atoms with Crippen LogP contribution in [-0.4, -0.2) is 75.7 Å². The van der Waals surface area contributed by atoms with Crippen LogP contribution in [0, 0.1) is 5.41 Å². The second-order valence-corrected chi connectivity index (χ2v) is 6.03. The fourth-order valence-electron chi connectivity index (χ4n) is 2.61. The third-order valence-electron chi connectivity index (χ3n) is 4.43. The lowest BCUT2D eigenvalue weighted by Crippen LogP contribution is -2.49. The summed E-state index contributed by atoms with van der Waals surface area (Å²) in [6.07, 6.45) is 3.65. The third kappa shape index (κ3) is 4.44. The van der Waals surface area contributed by atoms with Crippen molar-refractivity contribution in [2.24, 2.45) is 5.41 Å². The standard InChI is InChI=1S/C14H27N3O2/c1-16-6-8-17(9-7-16)13(18)11-15-12-14(3-4-14)5-10-19-2/h15H,3-12H2,1-2H3. The van der Waals surface area contributed by atoms with Crippen molar-refractivity contribution < 1.29 is 9.53 Å². The Morgan fingerprint density at radius 1 is 1.26 bits per heavy atom. The quantitative estimate of drug-likeness (QED) is 0.715. The average molecular weight is 269 g/mol. The number of rotatable bonds is 7. The Hall–Kier alpha value is -0.650. The van der Waals surface area contributed by atoms with Gasteiger partial charge in [0.2, 0.25) is 5.91 Å². The van der Waals surface area contributed by atoms with Gasteiger partial charge in [0.05, 0.1) is 6.54 Å². The Morgan fingerprint density at radius 3 is 2.53 bits per heavy atom. The molecule has 0 atom stereocenters. The van der Waals surface area contributed by atoms with Gasteiger partial charge in [0.15, 0.2) is 0 Å². The normalized spacial score (nSPS) is 22.5. The number of carbonyl (C=O) groups is 1. The molecular weight excluding hydrogens is 242 g/mol. The van der Waals surface area contributed by atoms with Gasteiger partial charge in [-0.2, -0.15) is 0 Å². The topological polar surface area (TPSA) is 44.8 Å². The number of methoxy groups -OCH3 is 1. The van der Waals surface area contributed by atoms with E-state index in [-0.39, 0.29) is 5.91 Å². The van der Waals surface area contributed by atoms with Gasteiger partial charge in [-0.3, -0.25) is 4.79 Å². The molecule has 1 heterocycles. The van der Waals surface area contributed by atoms with Crippen LogP contribution in [0.2, 0.25) is 0 Å². The summed E-state index contributed by atoms with van der Waals surface area (Å²) in [4.78, 5) is 16.3. The molecule has 0 bridgehead atoms. The fraction of sp³-hybridized carbons (Fsp3) is 0.929. The molecule has 1 amide bonds. The van der Waals surface area contributed by atoms with Crippen molar-refractivity contribution >= 4 is 5.91 Å². The SMILES string of the molecule is COCCC1(CNCC(=O)N2CCN(C)CC2)CC1. The molecule has 0 aromatic carbocycles. The zero-order chi connectivity index (χ0) is 13.7. The molecule has 0 radical (unpaired) electrons. The summed E-state index contributed by atoms with van der Waals surface area (Å²) in [6, 6.07) is 0. The molecule has 19 heavy (non-hydrogen) atoms. The van der Waals surface area contributed by atoms with Crippen LogP contribution in [0.4, 0.5) is 0 Å². The molecule has 110 valence electrons. The first-order valence-corrected chi connectivity index (χ1v) is 7.31. The van der Waals surface area contributed by atoms with E-state index in [0.29, 0.717) is 12.0 Å². The lowest BCUT2D eigenvalue weighted by atomic mass is 10.0. The van der Waals surface area contributed by atoms with Gasteiger partial charge < -0.3 is 19.9 Å². The second-order valence-electron chi connectivity index (χ2n) is 6.03. The number of hydrogen-bond donors (Lipinski definition) is 1. The highest BCUT2D eigenvalue weighted by Crippen LogP contribution is 2.48. The minimum absolute atomic E-state index is 0.246. The number of ether oxygens (including phenoxy) is 1. The molecule has 0 spiro atoms. The highest BCUT2D eigenvalue weighted by atomic mass is 16.5. The van der Waals surface area contributed by atoms with Crippen LogP contribution in [0.25, 0.3) is 0 Å². The average Bonchev–Trinajstić information content (AvgIpc) is 3.17. The molecule has 2 aliphatic rings. The third-order valence-corrected chi connectivity index (χ3v) is 4.43. The van der Waals surface area contributed by atoms with Crippen molar-refractivity contribution in [3.8, 4) is 0 Å². The molecule has 2 rings (SSSR count). The van der Waals surface area contributed by atoms with Crippen LogP contribution in [0.1, 0.15) is 19.3 Å². The van der Waals surface area contributed by atoms with E-state index in [1.54, 1.807) is 7.11 Å². The Bertz CT molecular complexity index is 297. The summed E-state index contributed by atoms with van der Waals surface area (Å²) in [6.45, 7) is 5.98. The van der Waals surface area contributed by atoms with Crippen molar-refractivity contribution in [2.75, 3.05) is 60.0 Å². The Kier molecular flexibility index (Phi) is 5.19. The minimum Gasteiger partial charge on any atom is -0.385 e. The van der Waals surface area contributed by atoms with E-state index in [9.17, 15) is 4.79 Å². The number of hydrogen-bond acceptors (Lipinski definition) is 4. The van der Waals surface area contributed by atoms with Crippen molar-refractivity contribution in [1.29, 1.82) is 0 Å². The highest BCUT2D eigenvalue weighted by molar-refractivity contribution is 5.78. The fourth-order valence-corrected chi connectivity index (χ4v) is 2.61. The van der Waals surface area contributed by atoms with E-state index in [2.05, 4.69) is 17.3 Å². The van der Waals surface area contributed by atoms with Crippen LogP contribution >= 0.6 is 0 Å². The second kappa shape index (κ2) is 6.68. The van der Waals surface area contributed by atoms with Crippen LogP contribution in [-0.2, 0) is 9.53 Å². The zero-order valence-corrected chi connectivity index (χ0v) is 12.3. The lowest BCUT2D eigenvalue weighted by Gasteiger charge is -2.32.